The minimum atomic E-state index is -0.500. The number of ether oxygens (including phenoxy) is 1. The van der Waals surface area contributed by atoms with E-state index < -0.39 is 6.09 Å². The molecule has 3 heterocycles. The van der Waals surface area contributed by atoms with Crippen LogP contribution >= 0.6 is 11.3 Å². The van der Waals surface area contributed by atoms with Gasteiger partial charge in [0.15, 0.2) is 5.75 Å². The fourth-order valence-corrected chi connectivity index (χ4v) is 4.86. The molecule has 8 heteroatoms. The molecule has 0 atom stereocenters. The van der Waals surface area contributed by atoms with Crippen LogP contribution in [0.15, 0.2) is 72.2 Å². The van der Waals surface area contributed by atoms with Gasteiger partial charge in [0.05, 0.1) is 17.9 Å². The van der Waals surface area contributed by atoms with Crippen molar-refractivity contribution in [2.24, 2.45) is 0 Å². The fraction of sp³-hybridized carbons (Fsp3) is 0.148. The molecule has 5 rings (SSSR count). The first-order valence-electron chi connectivity index (χ1n) is 11.2. The van der Waals surface area contributed by atoms with Crippen LogP contribution in [0.4, 0.5) is 10.6 Å². The number of aryl methyl sites for hydroxylation is 1. The van der Waals surface area contributed by atoms with Gasteiger partial charge in [0.2, 0.25) is 0 Å². The summed E-state index contributed by atoms with van der Waals surface area (Å²) < 4.78 is 7.73. The van der Waals surface area contributed by atoms with Gasteiger partial charge in [0.1, 0.15) is 10.8 Å². The van der Waals surface area contributed by atoms with E-state index in [0.29, 0.717) is 24.7 Å². The predicted octanol–water partition coefficient (Wildman–Crippen LogP) is 5.70. The van der Waals surface area contributed by atoms with Gasteiger partial charge in [-0.2, -0.15) is 0 Å². The Labute approximate surface area is 207 Å². The number of hydrogen-bond acceptors (Lipinski definition) is 6. The molecule has 0 aliphatic heterocycles. The lowest BCUT2D eigenvalue weighted by atomic mass is 10.1. The average molecular weight is 484 g/mol. The van der Waals surface area contributed by atoms with Crippen LogP contribution in [0.25, 0.3) is 21.3 Å². The quantitative estimate of drug-likeness (QED) is 0.323. The molecule has 0 saturated heterocycles. The monoisotopic (exact) mass is 483 g/mol. The second kappa shape index (κ2) is 9.60. The zero-order valence-corrected chi connectivity index (χ0v) is 20.3. The third-order valence-corrected chi connectivity index (χ3v) is 6.86. The van der Waals surface area contributed by atoms with Gasteiger partial charge in [-0.1, -0.05) is 42.5 Å². The molecular formula is C27H25N5O2S. The predicted molar refractivity (Wildman–Crippen MR) is 140 cm³/mol. The van der Waals surface area contributed by atoms with Crippen molar-refractivity contribution in [3.63, 3.8) is 0 Å². The number of carbonyl (C=O) groups is 1. The summed E-state index contributed by atoms with van der Waals surface area (Å²) in [6.45, 7) is 4.90. The smallest absolute Gasteiger partial charge is 0.408 e. The van der Waals surface area contributed by atoms with E-state index in [1.165, 1.54) is 0 Å². The van der Waals surface area contributed by atoms with Crippen molar-refractivity contribution in [2.75, 3.05) is 5.73 Å². The number of fused-ring (bicyclic) bond motifs is 1. The molecule has 7 nitrogen and oxygen atoms in total. The Kier molecular flexibility index (Phi) is 6.20. The molecule has 0 radical (unpaired) electrons. The number of nitrogens with one attached hydrogen (secondary N) is 1. The van der Waals surface area contributed by atoms with E-state index in [4.69, 9.17) is 15.5 Å². The van der Waals surface area contributed by atoms with Crippen molar-refractivity contribution in [3.05, 3.63) is 94.9 Å². The van der Waals surface area contributed by atoms with Crippen LogP contribution in [-0.2, 0) is 13.1 Å². The number of nitrogens with zero attached hydrogens (tertiary/aromatic N) is 3. The van der Waals surface area contributed by atoms with E-state index in [2.05, 4.69) is 32.4 Å². The highest BCUT2D eigenvalue weighted by Crippen LogP contribution is 2.27. The van der Waals surface area contributed by atoms with Crippen molar-refractivity contribution in [2.45, 2.75) is 26.9 Å². The van der Waals surface area contributed by atoms with Crippen molar-refractivity contribution < 1.29 is 9.53 Å². The zero-order valence-electron chi connectivity index (χ0n) is 19.5. The molecule has 0 aliphatic carbocycles. The molecule has 0 fully saturated rings. The van der Waals surface area contributed by atoms with Crippen LogP contribution < -0.4 is 15.8 Å². The molecule has 0 bridgehead atoms. The highest BCUT2D eigenvalue weighted by Gasteiger charge is 2.15. The summed E-state index contributed by atoms with van der Waals surface area (Å²) in [5.41, 5.74) is 10.8. The maximum absolute atomic E-state index is 12.5. The van der Waals surface area contributed by atoms with Crippen LogP contribution in [0, 0.1) is 13.8 Å². The second-order valence-corrected chi connectivity index (χ2v) is 9.18. The fourth-order valence-electron chi connectivity index (χ4n) is 4.04. The van der Waals surface area contributed by atoms with E-state index >= 15 is 0 Å². The number of amides is 1. The minimum Gasteiger partial charge on any atom is -0.408 e. The first-order chi connectivity index (χ1) is 17.0. The lowest BCUT2D eigenvalue weighted by Gasteiger charge is -2.09. The molecule has 3 aromatic heterocycles. The number of nitrogen functional groups attached to an aromatic ring is 1. The number of rotatable bonds is 6. The van der Waals surface area contributed by atoms with E-state index in [1.54, 1.807) is 17.5 Å². The maximum Gasteiger partial charge on any atom is 0.412 e. The molecule has 1 amide bonds. The van der Waals surface area contributed by atoms with Crippen LogP contribution in [0.5, 0.6) is 5.75 Å². The Morgan fingerprint density at radius 2 is 1.94 bits per heavy atom. The van der Waals surface area contributed by atoms with Crippen LogP contribution in [-0.4, -0.2) is 20.6 Å². The third-order valence-electron chi connectivity index (χ3n) is 5.92. The van der Waals surface area contributed by atoms with Crippen LogP contribution in [0.1, 0.15) is 22.6 Å². The Balaban J connectivity index is 1.23. The Hall–Kier alpha value is -4.17. The van der Waals surface area contributed by atoms with Gasteiger partial charge in [-0.3, -0.25) is 0 Å². The average Bonchev–Trinajstić information content (AvgIpc) is 3.44. The van der Waals surface area contributed by atoms with Gasteiger partial charge in [-0.05, 0) is 36.9 Å². The zero-order chi connectivity index (χ0) is 24.4. The SMILES string of the molecule is Cc1cc(OC(=O)NCc2ccc3c(N)nccc3c2)c(C)n1Cc1csc(-c2ccccc2)n1. The van der Waals surface area contributed by atoms with Crippen molar-refractivity contribution in [1.82, 2.24) is 19.9 Å². The van der Waals surface area contributed by atoms with E-state index in [-0.39, 0.29) is 0 Å². The second-order valence-electron chi connectivity index (χ2n) is 8.33. The summed E-state index contributed by atoms with van der Waals surface area (Å²) in [5.74, 6) is 1.03. The lowest BCUT2D eigenvalue weighted by molar-refractivity contribution is 0.199. The lowest BCUT2D eigenvalue weighted by Crippen LogP contribution is -2.26. The molecule has 0 saturated carbocycles. The molecule has 176 valence electrons. The molecule has 3 N–H and O–H groups in total. The van der Waals surface area contributed by atoms with Crippen LogP contribution in [0.2, 0.25) is 0 Å². The summed E-state index contributed by atoms with van der Waals surface area (Å²) in [6.07, 6.45) is 1.17. The number of nitrogens with two attached hydrogens (primary N) is 1. The van der Waals surface area contributed by atoms with E-state index in [9.17, 15) is 4.79 Å². The number of aromatic nitrogens is 3. The molecule has 0 unspecified atom stereocenters. The number of benzene rings is 2. The molecule has 2 aromatic carbocycles. The summed E-state index contributed by atoms with van der Waals surface area (Å²) in [4.78, 5) is 21.4. The topological polar surface area (TPSA) is 95.1 Å². The maximum atomic E-state index is 12.5. The minimum absolute atomic E-state index is 0.344. The van der Waals surface area contributed by atoms with Gasteiger partial charge in [-0.15, -0.1) is 11.3 Å². The molecule has 0 spiro atoms. The first-order valence-corrected chi connectivity index (χ1v) is 12.1. The third kappa shape index (κ3) is 4.88. The van der Waals surface area contributed by atoms with Gasteiger partial charge >= 0.3 is 6.09 Å². The van der Waals surface area contributed by atoms with Gasteiger partial charge in [0.25, 0.3) is 0 Å². The van der Waals surface area contributed by atoms with Gasteiger partial charge < -0.3 is 20.4 Å². The van der Waals surface area contributed by atoms with Crippen LogP contribution in [0.3, 0.4) is 0 Å². The number of anilines is 1. The Bertz CT molecular complexity index is 1510. The number of hydrogen-bond donors (Lipinski definition) is 2. The van der Waals surface area contributed by atoms with Crippen molar-refractivity contribution >= 4 is 34.0 Å². The molecular weight excluding hydrogens is 458 g/mol. The van der Waals surface area contributed by atoms with E-state index in [0.717, 1.165) is 44.0 Å². The standard InChI is InChI=1S/C27H25N5O2S/c1-17-12-24(18(2)32(17)15-22-16-35-26(31-22)20-6-4-3-5-7-20)34-27(33)30-14-19-8-9-23-21(13-19)10-11-29-25(23)28/h3-13,16H,14-15H2,1-2H3,(H2,28,29)(H,30,33). The van der Waals surface area contributed by atoms with Gasteiger partial charge in [0, 0.05) is 40.8 Å². The van der Waals surface area contributed by atoms with Crippen molar-refractivity contribution in [3.8, 4) is 16.3 Å². The van der Waals surface area contributed by atoms with Gasteiger partial charge in [-0.25, -0.2) is 14.8 Å². The molecule has 35 heavy (non-hydrogen) atoms. The molecule has 0 aliphatic rings. The van der Waals surface area contributed by atoms with Crippen molar-refractivity contribution in [1.29, 1.82) is 0 Å². The highest BCUT2D eigenvalue weighted by molar-refractivity contribution is 7.13. The summed E-state index contributed by atoms with van der Waals surface area (Å²) in [7, 11) is 0. The summed E-state index contributed by atoms with van der Waals surface area (Å²) >= 11 is 1.63. The first kappa shape index (κ1) is 22.6. The Morgan fingerprint density at radius 1 is 1.11 bits per heavy atom. The number of thiazole rings is 1. The molecule has 5 aromatic rings. The summed E-state index contributed by atoms with van der Waals surface area (Å²) in [5, 5.41) is 7.76. The number of carbonyl (C=O) groups excluding carboxylic acids is 1. The normalized spacial score (nSPS) is 11.0. The largest absolute Gasteiger partial charge is 0.412 e. The number of pyridine rings is 1. The summed E-state index contributed by atoms with van der Waals surface area (Å²) in [6, 6.07) is 19.7. The van der Waals surface area contributed by atoms with E-state index in [1.807, 2.05) is 62.4 Å². The highest BCUT2D eigenvalue weighted by atomic mass is 32.1. The Morgan fingerprint density at radius 3 is 2.77 bits per heavy atom.